The molecule has 6 heteroatoms. The van der Waals surface area contributed by atoms with E-state index in [2.05, 4.69) is 15.1 Å². The van der Waals surface area contributed by atoms with Gasteiger partial charge in [0.2, 0.25) is 0 Å². The summed E-state index contributed by atoms with van der Waals surface area (Å²) in [6.45, 7) is 4.25. The van der Waals surface area contributed by atoms with E-state index in [0.29, 0.717) is 5.11 Å². The molecule has 0 saturated carbocycles. The van der Waals surface area contributed by atoms with E-state index >= 15 is 0 Å². The highest BCUT2D eigenvalue weighted by molar-refractivity contribution is 7.80. The third-order valence-corrected chi connectivity index (χ3v) is 4.43. The molecule has 3 rings (SSSR count). The van der Waals surface area contributed by atoms with Gasteiger partial charge in [0.05, 0.1) is 0 Å². The van der Waals surface area contributed by atoms with Gasteiger partial charge in [-0.2, -0.15) is 0 Å². The quantitative estimate of drug-likeness (QED) is 0.857. The molecular formula is C18H19F2N3S. The first-order valence-corrected chi connectivity index (χ1v) is 8.29. The Morgan fingerprint density at radius 2 is 1.42 bits per heavy atom. The van der Waals surface area contributed by atoms with Crippen molar-refractivity contribution in [1.29, 1.82) is 0 Å². The van der Waals surface area contributed by atoms with Gasteiger partial charge in [0.25, 0.3) is 0 Å². The number of nitrogens with one attached hydrogen (secondary N) is 1. The fourth-order valence-corrected chi connectivity index (χ4v) is 2.99. The largest absolute Gasteiger partial charge is 0.346 e. The van der Waals surface area contributed by atoms with Crippen molar-refractivity contribution in [3.63, 3.8) is 0 Å². The van der Waals surface area contributed by atoms with Crippen molar-refractivity contribution < 1.29 is 8.78 Å². The third kappa shape index (κ3) is 4.49. The van der Waals surface area contributed by atoms with Gasteiger partial charge in [-0.15, -0.1) is 0 Å². The van der Waals surface area contributed by atoms with Crippen molar-refractivity contribution in [3.8, 4) is 0 Å². The van der Waals surface area contributed by atoms with Crippen LogP contribution in [0, 0.1) is 11.6 Å². The molecule has 2 aromatic rings. The Labute approximate surface area is 145 Å². The topological polar surface area (TPSA) is 18.5 Å². The Kier molecular flexibility index (Phi) is 5.37. The first-order valence-electron chi connectivity index (χ1n) is 7.88. The molecule has 126 valence electrons. The van der Waals surface area contributed by atoms with Crippen LogP contribution in [0.15, 0.2) is 48.5 Å². The van der Waals surface area contributed by atoms with Gasteiger partial charge < -0.3 is 10.2 Å². The van der Waals surface area contributed by atoms with Crippen molar-refractivity contribution in [2.45, 2.75) is 6.54 Å². The highest BCUT2D eigenvalue weighted by Crippen LogP contribution is 2.13. The number of benzene rings is 2. The first kappa shape index (κ1) is 16.8. The zero-order valence-corrected chi connectivity index (χ0v) is 14.0. The third-order valence-electron chi connectivity index (χ3n) is 4.07. The van der Waals surface area contributed by atoms with Gasteiger partial charge in [0.15, 0.2) is 5.11 Å². The molecule has 1 fully saturated rings. The predicted molar refractivity (Wildman–Crippen MR) is 95.9 cm³/mol. The maximum Gasteiger partial charge on any atom is 0.173 e. The van der Waals surface area contributed by atoms with Crippen molar-refractivity contribution in [2.24, 2.45) is 0 Å². The molecule has 0 aromatic heterocycles. The molecule has 1 aliphatic heterocycles. The lowest BCUT2D eigenvalue weighted by atomic mass is 10.2. The van der Waals surface area contributed by atoms with E-state index in [0.717, 1.165) is 44.0 Å². The van der Waals surface area contributed by atoms with Crippen LogP contribution in [-0.4, -0.2) is 41.1 Å². The van der Waals surface area contributed by atoms with E-state index < -0.39 is 0 Å². The number of hydrogen-bond donors (Lipinski definition) is 1. The van der Waals surface area contributed by atoms with Crippen LogP contribution in [0.25, 0.3) is 0 Å². The van der Waals surface area contributed by atoms with Gasteiger partial charge in [0.1, 0.15) is 11.6 Å². The molecule has 1 heterocycles. The lowest BCUT2D eigenvalue weighted by Crippen LogP contribution is -2.49. The van der Waals surface area contributed by atoms with E-state index in [1.165, 1.54) is 24.3 Å². The maximum absolute atomic E-state index is 12.9. The summed E-state index contributed by atoms with van der Waals surface area (Å²) in [6, 6.07) is 12.8. The molecule has 0 radical (unpaired) electrons. The Morgan fingerprint density at radius 1 is 0.875 bits per heavy atom. The SMILES string of the molecule is Fc1ccc(CN2CCN(C(=S)Nc3ccc(F)cc3)CC2)cc1. The van der Waals surface area contributed by atoms with E-state index in [-0.39, 0.29) is 11.6 Å². The van der Waals surface area contributed by atoms with E-state index in [1.807, 2.05) is 12.1 Å². The number of halogens is 2. The second-order valence-electron chi connectivity index (χ2n) is 5.83. The number of piperazine rings is 1. The van der Waals surface area contributed by atoms with Crippen molar-refractivity contribution >= 4 is 23.0 Å². The lowest BCUT2D eigenvalue weighted by molar-refractivity contribution is 0.177. The minimum Gasteiger partial charge on any atom is -0.346 e. The van der Waals surface area contributed by atoms with Crippen LogP contribution in [0.1, 0.15) is 5.56 Å². The summed E-state index contributed by atoms with van der Waals surface area (Å²) >= 11 is 5.43. The van der Waals surface area contributed by atoms with Crippen LogP contribution >= 0.6 is 12.2 Å². The Hall–Kier alpha value is -2.05. The average molecular weight is 347 g/mol. The molecular weight excluding hydrogens is 328 g/mol. The summed E-state index contributed by atoms with van der Waals surface area (Å²) < 4.78 is 25.9. The van der Waals surface area contributed by atoms with Crippen molar-refractivity contribution in [2.75, 3.05) is 31.5 Å². The van der Waals surface area contributed by atoms with Crippen molar-refractivity contribution in [1.82, 2.24) is 9.80 Å². The Morgan fingerprint density at radius 3 is 2.00 bits per heavy atom. The van der Waals surface area contributed by atoms with Gasteiger partial charge in [-0.3, -0.25) is 4.90 Å². The van der Waals surface area contributed by atoms with Gasteiger partial charge in [-0.25, -0.2) is 8.78 Å². The average Bonchev–Trinajstić information content (AvgIpc) is 2.59. The van der Waals surface area contributed by atoms with Crippen LogP contribution in [-0.2, 0) is 6.54 Å². The predicted octanol–water partition coefficient (Wildman–Crippen LogP) is 3.48. The minimum absolute atomic E-state index is 0.208. The highest BCUT2D eigenvalue weighted by atomic mass is 32.1. The van der Waals surface area contributed by atoms with Gasteiger partial charge >= 0.3 is 0 Å². The normalized spacial score (nSPS) is 15.3. The van der Waals surface area contributed by atoms with Crippen LogP contribution in [0.2, 0.25) is 0 Å². The summed E-state index contributed by atoms with van der Waals surface area (Å²) in [5.41, 5.74) is 1.90. The number of anilines is 1. The molecule has 2 aromatic carbocycles. The fourth-order valence-electron chi connectivity index (χ4n) is 2.69. The number of nitrogens with zero attached hydrogens (tertiary/aromatic N) is 2. The molecule has 0 aliphatic carbocycles. The van der Waals surface area contributed by atoms with E-state index in [1.54, 1.807) is 12.1 Å². The molecule has 1 saturated heterocycles. The Bertz CT molecular complexity index is 680. The fraction of sp³-hybridized carbons (Fsp3) is 0.278. The second kappa shape index (κ2) is 7.68. The molecule has 24 heavy (non-hydrogen) atoms. The molecule has 0 amide bonds. The van der Waals surface area contributed by atoms with Gasteiger partial charge in [0, 0.05) is 38.4 Å². The molecule has 0 spiro atoms. The summed E-state index contributed by atoms with van der Waals surface area (Å²) in [6.07, 6.45) is 0. The number of thiocarbonyl (C=S) groups is 1. The molecule has 0 unspecified atom stereocenters. The summed E-state index contributed by atoms with van der Waals surface area (Å²) in [5.74, 6) is -0.471. The molecule has 1 aliphatic rings. The van der Waals surface area contributed by atoms with Gasteiger partial charge in [-0.05, 0) is 54.2 Å². The zero-order valence-electron chi connectivity index (χ0n) is 13.2. The monoisotopic (exact) mass is 347 g/mol. The lowest BCUT2D eigenvalue weighted by Gasteiger charge is -2.36. The van der Waals surface area contributed by atoms with E-state index in [4.69, 9.17) is 12.2 Å². The molecule has 0 bridgehead atoms. The highest BCUT2D eigenvalue weighted by Gasteiger charge is 2.19. The summed E-state index contributed by atoms with van der Waals surface area (Å²) in [5, 5.41) is 3.80. The summed E-state index contributed by atoms with van der Waals surface area (Å²) in [4.78, 5) is 4.43. The second-order valence-corrected chi connectivity index (χ2v) is 6.21. The van der Waals surface area contributed by atoms with Crippen LogP contribution < -0.4 is 5.32 Å². The van der Waals surface area contributed by atoms with Crippen LogP contribution in [0.3, 0.4) is 0 Å². The van der Waals surface area contributed by atoms with E-state index in [9.17, 15) is 8.78 Å². The number of hydrogen-bond acceptors (Lipinski definition) is 2. The Balaban J connectivity index is 1.48. The number of rotatable bonds is 3. The van der Waals surface area contributed by atoms with Crippen molar-refractivity contribution in [3.05, 3.63) is 65.7 Å². The van der Waals surface area contributed by atoms with Gasteiger partial charge in [-0.1, -0.05) is 12.1 Å². The smallest absolute Gasteiger partial charge is 0.173 e. The summed E-state index contributed by atoms with van der Waals surface area (Å²) in [7, 11) is 0. The standard InChI is InChI=1S/C18H19F2N3S/c19-15-3-1-14(2-4-15)13-22-9-11-23(12-10-22)18(24)21-17-7-5-16(20)6-8-17/h1-8H,9-13H2,(H,21,24). The maximum atomic E-state index is 12.9. The minimum atomic E-state index is -0.263. The van der Waals surface area contributed by atoms with Crippen LogP contribution in [0.4, 0.5) is 14.5 Å². The zero-order chi connectivity index (χ0) is 16.9. The van der Waals surface area contributed by atoms with Crippen LogP contribution in [0.5, 0.6) is 0 Å². The first-order chi connectivity index (χ1) is 11.6. The molecule has 3 nitrogen and oxygen atoms in total. The molecule has 1 N–H and O–H groups in total. The molecule has 0 atom stereocenters.